The molecule has 1 aromatic rings. The Hall–Kier alpha value is -1.40. The van der Waals surface area contributed by atoms with Crippen LogP contribution in [0.3, 0.4) is 0 Å². The van der Waals surface area contributed by atoms with Gasteiger partial charge in [-0.2, -0.15) is 0 Å². The first-order valence-electron chi connectivity index (χ1n) is 5.34. The number of carbonyl (C=O) groups is 1. The average Bonchev–Trinajstić information content (AvgIpc) is 2.67. The van der Waals surface area contributed by atoms with E-state index in [9.17, 15) is 9.18 Å². The van der Waals surface area contributed by atoms with Crippen LogP contribution in [-0.2, 0) is 4.79 Å². The number of rotatable bonds is 0. The Bertz CT molecular complexity index is 598. The van der Waals surface area contributed by atoms with E-state index >= 15 is 0 Å². The number of carbonyl (C=O) groups excluding carboxylic acids is 1. The minimum atomic E-state index is -0.344. The highest BCUT2D eigenvalue weighted by Crippen LogP contribution is 2.40. The van der Waals surface area contributed by atoms with Crippen LogP contribution in [0.5, 0.6) is 5.75 Å². The van der Waals surface area contributed by atoms with Crippen LogP contribution in [0, 0.1) is 5.82 Å². The van der Waals surface area contributed by atoms with Gasteiger partial charge in [0.25, 0.3) is 5.91 Å². The standard InChI is InChI=1S/C12H8FNO2S2/c13-6-1-2-9-8(5-6)7(3-4-16-9)10-11(15)14-12(17)18-10/h1-2,5H,3-4H2,(H,14,15,17)/b10-7-. The quantitative estimate of drug-likeness (QED) is 0.585. The Labute approximate surface area is 112 Å². The van der Waals surface area contributed by atoms with Gasteiger partial charge < -0.3 is 10.1 Å². The molecule has 1 aromatic carbocycles. The molecule has 92 valence electrons. The molecule has 3 rings (SSSR count). The molecule has 0 unspecified atom stereocenters. The monoisotopic (exact) mass is 281 g/mol. The number of amides is 1. The van der Waals surface area contributed by atoms with Gasteiger partial charge in [-0.1, -0.05) is 24.0 Å². The van der Waals surface area contributed by atoms with Crippen molar-refractivity contribution in [2.24, 2.45) is 0 Å². The van der Waals surface area contributed by atoms with Crippen molar-refractivity contribution in [2.75, 3.05) is 6.61 Å². The number of nitrogens with one attached hydrogen (secondary N) is 1. The van der Waals surface area contributed by atoms with Crippen molar-refractivity contribution in [3.63, 3.8) is 0 Å². The second-order valence-electron chi connectivity index (χ2n) is 3.89. The molecule has 0 atom stereocenters. The van der Waals surface area contributed by atoms with Crippen molar-refractivity contribution in [3.8, 4) is 5.75 Å². The molecule has 0 aromatic heterocycles. The first kappa shape index (κ1) is 11.7. The van der Waals surface area contributed by atoms with Gasteiger partial charge in [-0.3, -0.25) is 4.79 Å². The number of hydrogen-bond acceptors (Lipinski definition) is 4. The number of halogens is 1. The highest BCUT2D eigenvalue weighted by Gasteiger charge is 2.29. The SMILES string of the molecule is O=C1NC(=S)S/C1=C1/CCOc2ccc(F)cc21. The summed E-state index contributed by atoms with van der Waals surface area (Å²) in [5, 5.41) is 2.57. The van der Waals surface area contributed by atoms with Crippen LogP contribution in [0.2, 0.25) is 0 Å². The van der Waals surface area contributed by atoms with Gasteiger partial charge in [-0.25, -0.2) is 4.39 Å². The van der Waals surface area contributed by atoms with Crippen molar-refractivity contribution in [1.29, 1.82) is 0 Å². The number of thiocarbonyl (C=S) groups is 1. The topological polar surface area (TPSA) is 38.3 Å². The molecule has 2 aliphatic rings. The molecule has 1 fully saturated rings. The Balaban J connectivity index is 2.16. The van der Waals surface area contributed by atoms with Gasteiger partial charge in [-0.05, 0) is 23.8 Å². The van der Waals surface area contributed by atoms with Gasteiger partial charge in [0.15, 0.2) is 0 Å². The molecular weight excluding hydrogens is 273 g/mol. The third-order valence-electron chi connectivity index (χ3n) is 2.77. The molecule has 0 radical (unpaired) electrons. The molecule has 0 spiro atoms. The van der Waals surface area contributed by atoms with E-state index in [1.807, 2.05) is 0 Å². The zero-order chi connectivity index (χ0) is 12.7. The smallest absolute Gasteiger partial charge is 0.263 e. The summed E-state index contributed by atoms with van der Waals surface area (Å²) in [6.07, 6.45) is 0.578. The Morgan fingerprint density at radius 2 is 2.28 bits per heavy atom. The van der Waals surface area contributed by atoms with E-state index in [2.05, 4.69) is 5.32 Å². The van der Waals surface area contributed by atoms with E-state index in [0.717, 1.165) is 5.57 Å². The predicted molar refractivity (Wildman–Crippen MR) is 71.8 cm³/mol. The summed E-state index contributed by atoms with van der Waals surface area (Å²) in [5.41, 5.74) is 1.45. The fraction of sp³-hybridized carbons (Fsp3) is 0.167. The fourth-order valence-electron chi connectivity index (χ4n) is 2.01. The van der Waals surface area contributed by atoms with Crippen molar-refractivity contribution in [1.82, 2.24) is 5.32 Å². The molecule has 1 N–H and O–H groups in total. The predicted octanol–water partition coefficient (Wildman–Crippen LogP) is 2.47. The average molecular weight is 281 g/mol. The van der Waals surface area contributed by atoms with Gasteiger partial charge in [0.05, 0.1) is 11.5 Å². The lowest BCUT2D eigenvalue weighted by molar-refractivity contribution is -0.115. The van der Waals surface area contributed by atoms with E-state index in [4.69, 9.17) is 17.0 Å². The maximum atomic E-state index is 13.3. The Kier molecular flexibility index (Phi) is 2.83. The minimum absolute atomic E-state index is 0.211. The van der Waals surface area contributed by atoms with Gasteiger partial charge in [0, 0.05) is 12.0 Å². The second-order valence-corrected chi connectivity index (χ2v) is 5.58. The summed E-state index contributed by atoms with van der Waals surface area (Å²) < 4.78 is 19.2. The normalized spacial score (nSPS) is 22.5. The van der Waals surface area contributed by atoms with Crippen LogP contribution in [0.1, 0.15) is 12.0 Å². The summed E-state index contributed by atoms with van der Waals surface area (Å²) in [6.45, 7) is 0.484. The minimum Gasteiger partial charge on any atom is -0.493 e. The fourth-order valence-corrected chi connectivity index (χ4v) is 3.16. The number of benzene rings is 1. The van der Waals surface area contributed by atoms with Gasteiger partial charge >= 0.3 is 0 Å². The zero-order valence-electron chi connectivity index (χ0n) is 9.16. The summed E-state index contributed by atoms with van der Waals surface area (Å²) in [7, 11) is 0. The lowest BCUT2D eigenvalue weighted by Gasteiger charge is -2.20. The van der Waals surface area contributed by atoms with Crippen LogP contribution in [0.15, 0.2) is 23.1 Å². The molecule has 0 bridgehead atoms. The van der Waals surface area contributed by atoms with Crippen molar-refractivity contribution < 1.29 is 13.9 Å². The van der Waals surface area contributed by atoms with Crippen molar-refractivity contribution >= 4 is 39.8 Å². The molecule has 1 amide bonds. The summed E-state index contributed by atoms with van der Waals surface area (Å²) in [5.74, 6) is 0.0526. The molecule has 0 saturated carbocycles. The molecular formula is C12H8FNO2S2. The van der Waals surface area contributed by atoms with Gasteiger partial charge in [0.1, 0.15) is 15.9 Å². The molecule has 6 heteroatoms. The molecule has 0 aliphatic carbocycles. The van der Waals surface area contributed by atoms with Crippen molar-refractivity contribution in [3.05, 3.63) is 34.5 Å². The second kappa shape index (κ2) is 4.37. The summed E-state index contributed by atoms with van der Waals surface area (Å²) >= 11 is 6.18. The maximum absolute atomic E-state index is 13.3. The van der Waals surface area contributed by atoms with Crippen molar-refractivity contribution in [2.45, 2.75) is 6.42 Å². The lowest BCUT2D eigenvalue weighted by atomic mass is 9.99. The lowest BCUT2D eigenvalue weighted by Crippen LogP contribution is -2.19. The molecule has 1 saturated heterocycles. The largest absolute Gasteiger partial charge is 0.493 e. The van der Waals surface area contributed by atoms with E-state index < -0.39 is 0 Å². The Morgan fingerprint density at radius 1 is 1.44 bits per heavy atom. The van der Waals surface area contributed by atoms with Crippen LogP contribution in [0.25, 0.3) is 5.57 Å². The highest BCUT2D eigenvalue weighted by molar-refractivity contribution is 8.26. The number of fused-ring (bicyclic) bond motifs is 1. The molecule has 2 heterocycles. The number of ether oxygens (including phenoxy) is 1. The van der Waals surface area contributed by atoms with E-state index in [-0.39, 0.29) is 11.7 Å². The van der Waals surface area contributed by atoms with Gasteiger partial charge in [0.2, 0.25) is 0 Å². The number of thioether (sulfide) groups is 1. The van der Waals surface area contributed by atoms with E-state index in [0.29, 0.717) is 33.6 Å². The summed E-state index contributed by atoms with van der Waals surface area (Å²) in [4.78, 5) is 12.3. The third kappa shape index (κ3) is 1.91. The van der Waals surface area contributed by atoms with Crippen LogP contribution >= 0.6 is 24.0 Å². The first-order valence-corrected chi connectivity index (χ1v) is 6.56. The Morgan fingerprint density at radius 3 is 3.00 bits per heavy atom. The first-order chi connectivity index (χ1) is 8.65. The van der Waals surface area contributed by atoms with Crippen LogP contribution in [0.4, 0.5) is 4.39 Å². The molecule has 18 heavy (non-hydrogen) atoms. The summed E-state index contributed by atoms with van der Waals surface area (Å²) in [6, 6.07) is 4.32. The molecule has 3 nitrogen and oxygen atoms in total. The third-order valence-corrected chi connectivity index (χ3v) is 4.04. The van der Waals surface area contributed by atoms with Gasteiger partial charge in [-0.15, -0.1) is 0 Å². The van der Waals surface area contributed by atoms with Crippen LogP contribution in [-0.4, -0.2) is 16.8 Å². The highest BCUT2D eigenvalue weighted by atomic mass is 32.2. The van der Waals surface area contributed by atoms with E-state index in [1.54, 1.807) is 6.07 Å². The number of hydrogen-bond donors (Lipinski definition) is 1. The van der Waals surface area contributed by atoms with Crippen LogP contribution < -0.4 is 10.1 Å². The van der Waals surface area contributed by atoms with E-state index in [1.165, 1.54) is 23.9 Å². The maximum Gasteiger partial charge on any atom is 0.263 e. The zero-order valence-corrected chi connectivity index (χ0v) is 10.8. The molecule has 2 aliphatic heterocycles.